The molecule has 0 saturated carbocycles. The van der Waals surface area contributed by atoms with Crippen molar-refractivity contribution in [1.82, 2.24) is 10.2 Å². The monoisotopic (exact) mass is 320 g/mol. The Kier molecular flexibility index (Phi) is 6.76. The maximum absolute atomic E-state index is 12.7. The molecule has 0 aliphatic carbocycles. The third-order valence-corrected chi connectivity index (χ3v) is 3.80. The van der Waals surface area contributed by atoms with Gasteiger partial charge in [-0.05, 0) is 31.9 Å². The van der Waals surface area contributed by atoms with Crippen LogP contribution in [-0.2, 0) is 4.79 Å². The summed E-state index contributed by atoms with van der Waals surface area (Å²) in [5.41, 5.74) is -0.452. The molecule has 0 spiro atoms. The Morgan fingerprint density at radius 3 is 2.30 bits per heavy atom. The number of benzene rings is 1. The Labute approximate surface area is 138 Å². The molecule has 0 heterocycles. The lowest BCUT2D eigenvalue weighted by molar-refractivity contribution is -0.135. The van der Waals surface area contributed by atoms with E-state index < -0.39 is 11.6 Å². The third kappa shape index (κ3) is 6.02. The van der Waals surface area contributed by atoms with Gasteiger partial charge in [0.2, 0.25) is 5.91 Å². The fraction of sp³-hybridized carbons (Fsp3) is 0.556. The van der Waals surface area contributed by atoms with E-state index in [9.17, 15) is 14.7 Å². The second-order valence-electron chi connectivity index (χ2n) is 6.71. The topological polar surface area (TPSA) is 69.6 Å². The van der Waals surface area contributed by atoms with Gasteiger partial charge in [0.1, 0.15) is 6.04 Å². The Morgan fingerprint density at radius 1 is 1.26 bits per heavy atom. The standard InChI is InChI=1S/C18H28N2O3/c1-6-13(2)15(17(22)20(5)12-18(3,4)23)19-16(21)14-10-8-7-9-11-14/h7-11,13,15,23H,6,12H2,1-5H3,(H,19,21). The molecule has 2 atom stereocenters. The van der Waals surface area contributed by atoms with Crippen LogP contribution < -0.4 is 5.32 Å². The van der Waals surface area contributed by atoms with Crippen LogP contribution in [0.25, 0.3) is 0 Å². The van der Waals surface area contributed by atoms with Crippen molar-refractivity contribution in [3.8, 4) is 0 Å². The summed E-state index contributed by atoms with van der Waals surface area (Å²) in [6, 6.07) is 8.23. The number of carbonyl (C=O) groups is 2. The molecule has 5 nitrogen and oxygen atoms in total. The van der Waals surface area contributed by atoms with Gasteiger partial charge in [-0.3, -0.25) is 9.59 Å². The minimum absolute atomic E-state index is 0.000539. The van der Waals surface area contributed by atoms with Crippen LogP contribution in [0.2, 0.25) is 0 Å². The number of aliphatic hydroxyl groups is 1. The normalized spacial score (nSPS) is 14.0. The lowest BCUT2D eigenvalue weighted by Gasteiger charge is -2.31. The molecule has 2 amide bonds. The molecule has 0 radical (unpaired) electrons. The maximum atomic E-state index is 12.7. The highest BCUT2D eigenvalue weighted by Crippen LogP contribution is 2.13. The zero-order valence-corrected chi connectivity index (χ0v) is 14.7. The van der Waals surface area contributed by atoms with Crippen LogP contribution in [0.15, 0.2) is 30.3 Å². The first-order valence-electron chi connectivity index (χ1n) is 7.99. The van der Waals surface area contributed by atoms with Gasteiger partial charge < -0.3 is 15.3 Å². The van der Waals surface area contributed by atoms with Crippen LogP contribution in [-0.4, -0.2) is 47.1 Å². The number of hydrogen-bond acceptors (Lipinski definition) is 3. The molecule has 1 rings (SSSR count). The van der Waals surface area contributed by atoms with Crippen LogP contribution in [0.3, 0.4) is 0 Å². The Hall–Kier alpha value is -1.88. The lowest BCUT2D eigenvalue weighted by Crippen LogP contribution is -2.53. The molecule has 0 fully saturated rings. The van der Waals surface area contributed by atoms with Crippen molar-refractivity contribution >= 4 is 11.8 Å². The van der Waals surface area contributed by atoms with E-state index in [0.717, 1.165) is 6.42 Å². The number of amides is 2. The first-order valence-corrected chi connectivity index (χ1v) is 7.99. The van der Waals surface area contributed by atoms with Crippen LogP contribution in [0.1, 0.15) is 44.5 Å². The van der Waals surface area contributed by atoms with Gasteiger partial charge in [0, 0.05) is 19.2 Å². The summed E-state index contributed by atoms with van der Waals surface area (Å²) in [4.78, 5) is 26.5. The van der Waals surface area contributed by atoms with Crippen molar-refractivity contribution in [2.45, 2.75) is 45.8 Å². The van der Waals surface area contributed by atoms with E-state index in [1.165, 1.54) is 4.90 Å². The summed E-state index contributed by atoms with van der Waals surface area (Å²) in [6.45, 7) is 7.43. The smallest absolute Gasteiger partial charge is 0.251 e. The van der Waals surface area contributed by atoms with Gasteiger partial charge >= 0.3 is 0 Å². The Balaban J connectivity index is 2.88. The molecule has 1 aromatic rings. The number of likely N-dealkylation sites (N-methyl/N-ethyl adjacent to an activating group) is 1. The molecule has 2 N–H and O–H groups in total. The lowest BCUT2D eigenvalue weighted by atomic mass is 9.97. The van der Waals surface area contributed by atoms with Gasteiger partial charge in [0.25, 0.3) is 5.91 Å². The van der Waals surface area contributed by atoms with Gasteiger partial charge in [-0.1, -0.05) is 38.5 Å². The van der Waals surface area contributed by atoms with Crippen LogP contribution in [0, 0.1) is 5.92 Å². The first-order chi connectivity index (χ1) is 10.7. The highest BCUT2D eigenvalue weighted by atomic mass is 16.3. The summed E-state index contributed by atoms with van der Waals surface area (Å²) in [7, 11) is 1.64. The molecular weight excluding hydrogens is 292 g/mol. The summed E-state index contributed by atoms with van der Waals surface area (Å²) >= 11 is 0. The van der Waals surface area contributed by atoms with Crippen molar-refractivity contribution in [1.29, 1.82) is 0 Å². The van der Waals surface area contributed by atoms with Gasteiger partial charge in [0.15, 0.2) is 0 Å². The molecule has 128 valence electrons. The third-order valence-electron chi connectivity index (χ3n) is 3.80. The largest absolute Gasteiger partial charge is 0.389 e. The SMILES string of the molecule is CCC(C)C(NC(=O)c1ccccc1)C(=O)N(C)CC(C)(C)O. The van der Waals surface area contributed by atoms with Crippen molar-refractivity contribution < 1.29 is 14.7 Å². The zero-order chi connectivity index (χ0) is 17.6. The van der Waals surface area contributed by atoms with E-state index in [4.69, 9.17) is 0 Å². The van der Waals surface area contributed by atoms with E-state index in [1.54, 1.807) is 45.2 Å². The molecule has 0 saturated heterocycles. The quantitative estimate of drug-likeness (QED) is 0.808. The molecule has 2 unspecified atom stereocenters. The van der Waals surface area contributed by atoms with Gasteiger partial charge in [0.05, 0.1) is 5.60 Å². The predicted octanol–water partition coefficient (Wildman–Crippen LogP) is 2.06. The maximum Gasteiger partial charge on any atom is 0.251 e. The number of rotatable bonds is 7. The van der Waals surface area contributed by atoms with Crippen LogP contribution in [0.5, 0.6) is 0 Å². The molecule has 23 heavy (non-hydrogen) atoms. The fourth-order valence-corrected chi connectivity index (χ4v) is 2.39. The van der Waals surface area contributed by atoms with E-state index >= 15 is 0 Å². The summed E-state index contributed by atoms with van der Waals surface area (Å²) in [5, 5.41) is 12.7. The highest BCUT2D eigenvalue weighted by molar-refractivity contribution is 5.97. The molecule has 0 bridgehead atoms. The molecule has 1 aromatic carbocycles. The minimum atomic E-state index is -0.978. The molecule has 0 aliphatic heterocycles. The number of hydrogen-bond donors (Lipinski definition) is 2. The van der Waals surface area contributed by atoms with Gasteiger partial charge in [-0.25, -0.2) is 0 Å². The Morgan fingerprint density at radius 2 is 1.83 bits per heavy atom. The second-order valence-corrected chi connectivity index (χ2v) is 6.71. The minimum Gasteiger partial charge on any atom is -0.389 e. The van der Waals surface area contributed by atoms with E-state index in [1.807, 2.05) is 19.9 Å². The van der Waals surface area contributed by atoms with Crippen LogP contribution >= 0.6 is 0 Å². The number of nitrogens with one attached hydrogen (secondary N) is 1. The molecule has 0 aromatic heterocycles. The fourth-order valence-electron chi connectivity index (χ4n) is 2.39. The second kappa shape index (κ2) is 8.11. The van der Waals surface area contributed by atoms with Crippen molar-refractivity contribution in [3.63, 3.8) is 0 Å². The van der Waals surface area contributed by atoms with E-state index in [-0.39, 0.29) is 24.3 Å². The Bertz CT molecular complexity index is 523. The summed E-state index contributed by atoms with van der Waals surface area (Å²) in [5.74, 6) is -0.453. The van der Waals surface area contributed by atoms with Crippen molar-refractivity contribution in [3.05, 3.63) is 35.9 Å². The van der Waals surface area contributed by atoms with E-state index in [2.05, 4.69) is 5.32 Å². The average molecular weight is 320 g/mol. The summed E-state index contributed by atoms with van der Waals surface area (Å²) < 4.78 is 0. The van der Waals surface area contributed by atoms with Crippen LogP contribution in [0.4, 0.5) is 0 Å². The van der Waals surface area contributed by atoms with Crippen molar-refractivity contribution in [2.75, 3.05) is 13.6 Å². The average Bonchev–Trinajstić information content (AvgIpc) is 2.50. The summed E-state index contributed by atoms with van der Waals surface area (Å²) in [6.07, 6.45) is 0.766. The predicted molar refractivity (Wildman–Crippen MR) is 91.1 cm³/mol. The van der Waals surface area contributed by atoms with E-state index in [0.29, 0.717) is 5.56 Å². The van der Waals surface area contributed by atoms with Crippen molar-refractivity contribution in [2.24, 2.45) is 5.92 Å². The molecule has 0 aliphatic rings. The highest BCUT2D eigenvalue weighted by Gasteiger charge is 2.30. The number of nitrogens with zero attached hydrogens (tertiary/aromatic N) is 1. The molecule has 5 heteroatoms. The van der Waals surface area contributed by atoms with Gasteiger partial charge in [-0.15, -0.1) is 0 Å². The van der Waals surface area contributed by atoms with Gasteiger partial charge in [-0.2, -0.15) is 0 Å². The first kappa shape index (κ1) is 19.2. The zero-order valence-electron chi connectivity index (χ0n) is 14.7. The molecular formula is C18H28N2O3. The number of carbonyl (C=O) groups excluding carboxylic acids is 2.